The van der Waals surface area contributed by atoms with E-state index in [0.29, 0.717) is 22.5 Å². The number of anilines is 2. The predicted molar refractivity (Wildman–Crippen MR) is 132 cm³/mol. The van der Waals surface area contributed by atoms with Gasteiger partial charge in [-0.2, -0.15) is 0 Å². The molecule has 2 N–H and O–H groups in total. The van der Waals surface area contributed by atoms with Crippen molar-refractivity contribution in [3.8, 4) is 0 Å². The van der Waals surface area contributed by atoms with Gasteiger partial charge in [-0.15, -0.1) is 0 Å². The number of benzene rings is 2. The highest BCUT2D eigenvalue weighted by Crippen LogP contribution is 2.36. The van der Waals surface area contributed by atoms with E-state index in [1.165, 1.54) is 29.9 Å². The number of nitrogens with zero attached hydrogens (tertiary/aromatic N) is 2. The monoisotopic (exact) mass is 464 g/mol. The Balaban J connectivity index is 0.00000149. The van der Waals surface area contributed by atoms with Gasteiger partial charge in [-0.05, 0) is 59.7 Å². The number of rotatable bonds is 4. The molecule has 2 amide bonds. The van der Waals surface area contributed by atoms with Crippen LogP contribution in [0.1, 0.15) is 66.5 Å². The van der Waals surface area contributed by atoms with Crippen LogP contribution in [0.5, 0.6) is 0 Å². The molecule has 2 aromatic carbocycles. The molecular formula is C26H30N3O3S+. The summed E-state index contributed by atoms with van der Waals surface area (Å²) in [5.41, 5.74) is 3.67. The molecule has 172 valence electrons. The number of nitrogens with one attached hydrogen (secondary N) is 1. The molecule has 0 atom stereocenters. The zero-order chi connectivity index (χ0) is 24.3. The van der Waals surface area contributed by atoms with Crippen molar-refractivity contribution in [2.75, 3.05) is 9.62 Å². The number of amides is 2. The van der Waals surface area contributed by atoms with Gasteiger partial charge >= 0.3 is 0 Å². The van der Waals surface area contributed by atoms with Crippen LogP contribution in [0, 0.1) is 6.92 Å². The molecule has 0 saturated carbocycles. The number of pyridine rings is 1. The molecule has 0 radical (unpaired) electrons. The van der Waals surface area contributed by atoms with E-state index < -0.39 is 11.8 Å². The highest BCUT2D eigenvalue weighted by Gasteiger charge is 2.40. The van der Waals surface area contributed by atoms with Crippen molar-refractivity contribution in [3.63, 3.8) is 0 Å². The summed E-state index contributed by atoms with van der Waals surface area (Å²) in [6.07, 6.45) is 2.75. The Labute approximate surface area is 199 Å². The molecule has 4 rings (SSSR count). The Hall–Kier alpha value is -3.32. The van der Waals surface area contributed by atoms with Crippen LogP contribution in [-0.2, 0) is 5.41 Å². The summed E-state index contributed by atoms with van der Waals surface area (Å²) in [5, 5.41) is 9.70. The molecule has 1 aliphatic rings. The summed E-state index contributed by atoms with van der Waals surface area (Å²) in [7, 11) is 0. The molecular weight excluding hydrogens is 434 g/mol. The molecule has 7 heteroatoms. The third kappa shape index (κ3) is 4.88. The van der Waals surface area contributed by atoms with Crippen LogP contribution in [0.4, 0.5) is 11.4 Å². The van der Waals surface area contributed by atoms with Crippen molar-refractivity contribution in [2.24, 2.45) is 0 Å². The molecule has 0 spiro atoms. The lowest BCUT2D eigenvalue weighted by molar-refractivity contribution is -0.904. The van der Waals surface area contributed by atoms with Gasteiger partial charge < -0.3 is 4.72 Å². The SMILES string of the molecule is CC.Cc1ccc(NSc2ccc(C(C)(C)C)cc2)c2c1C(=O)N(c1ccc[n+](O)c1)C2=O. The Bertz CT molecular complexity index is 1180. The van der Waals surface area contributed by atoms with Crippen molar-refractivity contribution in [1.29, 1.82) is 0 Å². The fourth-order valence-electron chi connectivity index (χ4n) is 3.56. The summed E-state index contributed by atoms with van der Waals surface area (Å²) >= 11 is 1.39. The smallest absolute Gasteiger partial charge is 0.268 e. The molecule has 3 aromatic rings. The summed E-state index contributed by atoms with van der Waals surface area (Å²) in [6.45, 7) is 12.3. The average molecular weight is 465 g/mol. The second-order valence-electron chi connectivity index (χ2n) is 8.55. The Kier molecular flexibility index (Phi) is 7.12. The average Bonchev–Trinajstić information content (AvgIpc) is 3.06. The molecule has 0 bridgehead atoms. The molecule has 33 heavy (non-hydrogen) atoms. The molecule has 0 unspecified atom stereocenters. The number of fused-ring (bicyclic) bond motifs is 1. The molecule has 0 saturated heterocycles. The van der Waals surface area contributed by atoms with Gasteiger partial charge in [-0.1, -0.05) is 52.8 Å². The van der Waals surface area contributed by atoms with E-state index in [0.717, 1.165) is 20.1 Å². The predicted octanol–water partition coefficient (Wildman–Crippen LogP) is 5.76. The first-order valence-electron chi connectivity index (χ1n) is 10.9. The lowest BCUT2D eigenvalue weighted by Gasteiger charge is -2.19. The van der Waals surface area contributed by atoms with Gasteiger partial charge in [-0.3, -0.25) is 14.8 Å². The molecule has 6 nitrogen and oxygen atoms in total. The van der Waals surface area contributed by atoms with E-state index in [1.807, 2.05) is 45.0 Å². The van der Waals surface area contributed by atoms with Crippen molar-refractivity contribution in [2.45, 2.75) is 51.9 Å². The van der Waals surface area contributed by atoms with E-state index in [9.17, 15) is 14.8 Å². The fourth-order valence-corrected chi connectivity index (χ4v) is 4.23. The lowest BCUT2D eigenvalue weighted by Crippen LogP contribution is -2.34. The maximum absolute atomic E-state index is 13.2. The van der Waals surface area contributed by atoms with Crippen LogP contribution in [0.2, 0.25) is 0 Å². The van der Waals surface area contributed by atoms with Gasteiger partial charge in [0.15, 0.2) is 0 Å². The first-order valence-corrected chi connectivity index (χ1v) is 11.7. The summed E-state index contributed by atoms with van der Waals surface area (Å²) < 4.78 is 4.06. The third-order valence-electron chi connectivity index (χ3n) is 5.28. The van der Waals surface area contributed by atoms with Gasteiger partial charge in [0.25, 0.3) is 11.8 Å². The number of hydrogen-bond donors (Lipinski definition) is 2. The van der Waals surface area contributed by atoms with Crippen LogP contribution in [0.25, 0.3) is 0 Å². The summed E-state index contributed by atoms with van der Waals surface area (Å²) in [4.78, 5) is 28.4. The molecule has 2 heterocycles. The number of hydrogen-bond acceptors (Lipinski definition) is 5. The summed E-state index contributed by atoms with van der Waals surface area (Å²) in [5.74, 6) is -0.812. The van der Waals surface area contributed by atoms with E-state index in [2.05, 4.69) is 37.6 Å². The highest BCUT2D eigenvalue weighted by atomic mass is 32.2. The topological polar surface area (TPSA) is 73.5 Å². The van der Waals surface area contributed by atoms with Crippen LogP contribution in [-0.4, -0.2) is 17.0 Å². The number of aryl methyl sites for hydroxylation is 1. The standard InChI is InChI=1S/C24H23N3O3S.C2H6/c1-15-7-12-19(25-31-18-10-8-16(9-11-18)24(2,3)4)21-20(15)22(28)27(23(21)29)17-6-5-13-26(30)14-17;1-2/h5-14H,1-4H3,(H-,25,29,30);1-2H3/p+1. The number of imide groups is 1. The van der Waals surface area contributed by atoms with E-state index in [-0.39, 0.29) is 5.41 Å². The molecule has 0 fully saturated rings. The van der Waals surface area contributed by atoms with Gasteiger partial charge in [-0.25, -0.2) is 4.90 Å². The Morgan fingerprint density at radius 1 is 0.939 bits per heavy atom. The van der Waals surface area contributed by atoms with Crippen LogP contribution in [0.3, 0.4) is 0 Å². The second-order valence-corrected chi connectivity index (χ2v) is 9.43. The minimum atomic E-state index is -0.416. The number of carbonyl (C=O) groups excluding carboxylic acids is 2. The Morgan fingerprint density at radius 3 is 2.18 bits per heavy atom. The van der Waals surface area contributed by atoms with E-state index >= 15 is 0 Å². The largest absolute Gasteiger partial charge is 0.325 e. The first-order chi connectivity index (χ1) is 15.7. The van der Waals surface area contributed by atoms with Gasteiger partial charge in [0.05, 0.1) is 16.8 Å². The molecule has 1 aromatic heterocycles. The number of aromatic nitrogens is 1. The zero-order valence-electron chi connectivity index (χ0n) is 19.8. The second kappa shape index (κ2) is 9.67. The minimum absolute atomic E-state index is 0.0782. The zero-order valence-corrected chi connectivity index (χ0v) is 20.7. The normalized spacial score (nSPS) is 12.8. The fraction of sp³-hybridized carbons (Fsp3) is 0.269. The molecule has 1 aliphatic heterocycles. The minimum Gasteiger partial charge on any atom is -0.325 e. The maximum atomic E-state index is 13.2. The highest BCUT2D eigenvalue weighted by molar-refractivity contribution is 8.00. The number of carbonyl (C=O) groups is 2. The quantitative estimate of drug-likeness (QED) is 0.222. The van der Waals surface area contributed by atoms with Crippen molar-refractivity contribution < 1.29 is 19.5 Å². The van der Waals surface area contributed by atoms with E-state index in [4.69, 9.17) is 0 Å². The van der Waals surface area contributed by atoms with Gasteiger partial charge in [0.1, 0.15) is 5.69 Å². The third-order valence-corrected chi connectivity index (χ3v) is 6.11. The van der Waals surface area contributed by atoms with Crippen LogP contribution in [0.15, 0.2) is 65.8 Å². The molecule has 0 aliphatic carbocycles. The van der Waals surface area contributed by atoms with Crippen LogP contribution >= 0.6 is 11.9 Å². The summed E-state index contributed by atoms with van der Waals surface area (Å²) in [6, 6.07) is 15.1. The van der Waals surface area contributed by atoms with E-state index in [1.54, 1.807) is 12.1 Å². The van der Waals surface area contributed by atoms with Crippen molar-refractivity contribution in [3.05, 3.63) is 83.2 Å². The maximum Gasteiger partial charge on any atom is 0.268 e. The first kappa shape index (κ1) is 24.3. The van der Waals surface area contributed by atoms with Crippen molar-refractivity contribution in [1.82, 2.24) is 0 Å². The van der Waals surface area contributed by atoms with Gasteiger partial charge in [0, 0.05) is 15.7 Å². The Morgan fingerprint density at radius 2 is 1.58 bits per heavy atom. The van der Waals surface area contributed by atoms with Gasteiger partial charge in [0.2, 0.25) is 12.4 Å². The van der Waals surface area contributed by atoms with Crippen LogP contribution < -0.4 is 14.4 Å². The van der Waals surface area contributed by atoms with Crippen molar-refractivity contribution >= 4 is 35.1 Å². The lowest BCUT2D eigenvalue weighted by atomic mass is 9.87.